The Kier molecular flexibility index (Phi) is 5.09. The van der Waals surface area contributed by atoms with Crippen LogP contribution in [0.3, 0.4) is 0 Å². The summed E-state index contributed by atoms with van der Waals surface area (Å²) >= 11 is 1.55. The minimum absolute atomic E-state index is 0.147. The number of carbonyl (C=O) groups is 1. The lowest BCUT2D eigenvalue weighted by Gasteiger charge is -2.34. The first-order valence-corrected chi connectivity index (χ1v) is 10.2. The molecule has 2 heterocycles. The number of nitrogens with one attached hydrogen (secondary N) is 1. The maximum Gasteiger partial charge on any atom is 0.276 e. The van der Waals surface area contributed by atoms with E-state index in [1.165, 1.54) is 0 Å². The average molecular weight is 395 g/mol. The molecule has 1 N–H and O–H groups in total. The van der Waals surface area contributed by atoms with Crippen LogP contribution in [0, 0.1) is 6.92 Å². The van der Waals surface area contributed by atoms with E-state index in [1.807, 2.05) is 49.4 Å². The number of carbonyl (C=O) groups excluding carboxylic acids is 1. The molecule has 4 rings (SSSR count). The van der Waals surface area contributed by atoms with Crippen LogP contribution in [0.1, 0.15) is 30.6 Å². The van der Waals surface area contributed by atoms with Crippen molar-refractivity contribution < 1.29 is 9.53 Å². The highest BCUT2D eigenvalue weighted by Crippen LogP contribution is 2.32. The number of hydrogen-bond acceptors (Lipinski definition) is 6. The highest BCUT2D eigenvalue weighted by atomic mass is 32.2. The zero-order valence-electron chi connectivity index (χ0n) is 16.1. The van der Waals surface area contributed by atoms with Gasteiger partial charge in [0, 0.05) is 11.0 Å². The van der Waals surface area contributed by atoms with E-state index >= 15 is 0 Å². The summed E-state index contributed by atoms with van der Waals surface area (Å²) in [6.07, 6.45) is 0.600. The van der Waals surface area contributed by atoms with Crippen molar-refractivity contribution in [2.24, 2.45) is 10.1 Å². The standard InChI is InChI=1S/C21H22N4O2S/c1-4-11-28-21-23-20(26)18-15-7-5-6-8-16(15)22-19(25(18)24-21)14-9-10-17(27-3)13(2)12-14/h5-10,12,19H,4,11H2,1-3H3,(H,23,24,26)/t19-/m0/s1. The van der Waals surface area contributed by atoms with Crippen LogP contribution < -0.4 is 20.6 Å². The number of ether oxygens (including phenoxy) is 1. The molecular weight excluding hydrogens is 372 g/mol. The van der Waals surface area contributed by atoms with Gasteiger partial charge in [0.25, 0.3) is 5.91 Å². The fraction of sp³-hybridized carbons (Fsp3) is 0.286. The van der Waals surface area contributed by atoms with E-state index in [0.29, 0.717) is 10.9 Å². The lowest BCUT2D eigenvalue weighted by molar-refractivity contribution is -0.116. The summed E-state index contributed by atoms with van der Waals surface area (Å²) < 4.78 is 5.38. The average Bonchev–Trinajstić information content (AvgIpc) is 2.71. The Hall–Kier alpha value is -2.80. The molecule has 28 heavy (non-hydrogen) atoms. The summed E-state index contributed by atoms with van der Waals surface area (Å²) in [7, 11) is 1.66. The molecule has 0 spiro atoms. The van der Waals surface area contributed by atoms with Crippen LogP contribution in [0.25, 0.3) is 5.70 Å². The topological polar surface area (TPSA) is 66.3 Å². The number of benzene rings is 2. The molecule has 2 aliphatic heterocycles. The fourth-order valence-electron chi connectivity index (χ4n) is 3.37. The molecule has 2 aliphatic rings. The Morgan fingerprint density at radius 2 is 2.07 bits per heavy atom. The van der Waals surface area contributed by atoms with E-state index in [-0.39, 0.29) is 5.91 Å². The highest BCUT2D eigenvalue weighted by Gasteiger charge is 2.34. The quantitative estimate of drug-likeness (QED) is 0.864. The molecule has 1 amide bonds. The summed E-state index contributed by atoms with van der Waals surface area (Å²) in [5, 5.41) is 11.6. The molecule has 0 radical (unpaired) electrons. The predicted octanol–water partition coefficient (Wildman–Crippen LogP) is 2.29. The van der Waals surface area contributed by atoms with Crippen molar-refractivity contribution in [2.45, 2.75) is 26.4 Å². The number of nitrogens with zero attached hydrogens (tertiary/aromatic N) is 3. The zero-order chi connectivity index (χ0) is 19.7. The SMILES string of the molecule is CCCSC1=NN2C(=c3ccccc3=N[C@@H]2c2ccc(OC)c(C)c2)C(=O)N1. The molecule has 2 aromatic rings. The second kappa shape index (κ2) is 7.67. The number of thioether (sulfide) groups is 1. The van der Waals surface area contributed by atoms with Crippen molar-refractivity contribution in [1.82, 2.24) is 10.3 Å². The van der Waals surface area contributed by atoms with Gasteiger partial charge in [0.05, 0.1) is 12.5 Å². The van der Waals surface area contributed by atoms with Crippen molar-refractivity contribution in [3.63, 3.8) is 0 Å². The molecule has 0 fully saturated rings. The number of hydrogen-bond donors (Lipinski definition) is 1. The van der Waals surface area contributed by atoms with Gasteiger partial charge in [-0.05, 0) is 42.7 Å². The van der Waals surface area contributed by atoms with Crippen LogP contribution >= 0.6 is 11.8 Å². The van der Waals surface area contributed by atoms with Gasteiger partial charge in [-0.1, -0.05) is 43.0 Å². The van der Waals surface area contributed by atoms with E-state index in [2.05, 4.69) is 12.2 Å². The molecular formula is C21H22N4O2S. The van der Waals surface area contributed by atoms with Gasteiger partial charge in [-0.3, -0.25) is 15.1 Å². The molecule has 1 atom stereocenters. The van der Waals surface area contributed by atoms with Crippen molar-refractivity contribution in [3.05, 3.63) is 64.2 Å². The first kappa shape index (κ1) is 18.6. The first-order valence-electron chi connectivity index (χ1n) is 9.26. The minimum atomic E-state index is -0.405. The number of amides is 1. The van der Waals surface area contributed by atoms with Gasteiger partial charge in [-0.2, -0.15) is 0 Å². The van der Waals surface area contributed by atoms with Crippen LogP contribution in [0.15, 0.2) is 52.6 Å². The number of hydrazone groups is 1. The lowest BCUT2D eigenvalue weighted by atomic mass is 10.1. The summed E-state index contributed by atoms with van der Waals surface area (Å²) in [4.78, 5) is 17.9. The second-order valence-corrected chi connectivity index (χ2v) is 7.73. The predicted molar refractivity (Wildman–Crippen MR) is 111 cm³/mol. The number of aryl methyl sites for hydroxylation is 1. The fourth-order valence-corrected chi connectivity index (χ4v) is 4.08. The zero-order valence-corrected chi connectivity index (χ0v) is 16.9. The molecule has 0 unspecified atom stereocenters. The molecule has 7 heteroatoms. The third kappa shape index (κ3) is 3.26. The third-order valence-corrected chi connectivity index (χ3v) is 5.74. The number of amidine groups is 1. The molecule has 6 nitrogen and oxygen atoms in total. The Morgan fingerprint density at radius 3 is 2.82 bits per heavy atom. The van der Waals surface area contributed by atoms with Gasteiger partial charge in [0.15, 0.2) is 11.3 Å². The van der Waals surface area contributed by atoms with Crippen molar-refractivity contribution in [2.75, 3.05) is 12.9 Å². The van der Waals surface area contributed by atoms with E-state index in [4.69, 9.17) is 14.8 Å². The molecule has 0 aliphatic carbocycles. The number of rotatable bonds is 4. The van der Waals surface area contributed by atoms with E-state index < -0.39 is 6.17 Å². The Morgan fingerprint density at radius 1 is 1.25 bits per heavy atom. The van der Waals surface area contributed by atoms with Gasteiger partial charge in [-0.15, -0.1) is 5.10 Å². The Balaban J connectivity index is 1.88. The Bertz CT molecular complexity index is 1080. The van der Waals surface area contributed by atoms with E-state index in [0.717, 1.165) is 39.6 Å². The van der Waals surface area contributed by atoms with Crippen LogP contribution in [-0.4, -0.2) is 28.9 Å². The van der Waals surface area contributed by atoms with Gasteiger partial charge < -0.3 is 4.74 Å². The van der Waals surface area contributed by atoms with Crippen LogP contribution in [-0.2, 0) is 4.79 Å². The third-order valence-electron chi connectivity index (χ3n) is 4.68. The summed E-state index contributed by atoms with van der Waals surface area (Å²) in [5.41, 5.74) is 2.51. The van der Waals surface area contributed by atoms with Crippen LogP contribution in [0.4, 0.5) is 0 Å². The maximum absolute atomic E-state index is 13.0. The molecule has 0 saturated heterocycles. The molecule has 0 aromatic heterocycles. The molecule has 144 valence electrons. The largest absolute Gasteiger partial charge is 0.496 e. The van der Waals surface area contributed by atoms with Gasteiger partial charge in [0.1, 0.15) is 11.4 Å². The molecule has 0 bridgehead atoms. The van der Waals surface area contributed by atoms with Crippen molar-refractivity contribution >= 4 is 28.5 Å². The first-order chi connectivity index (χ1) is 13.6. The normalized spacial score (nSPS) is 17.9. The number of para-hydroxylation sites is 1. The molecule has 2 aromatic carbocycles. The second-order valence-electron chi connectivity index (χ2n) is 6.65. The summed E-state index contributed by atoms with van der Waals surface area (Å²) in [6.45, 7) is 4.10. The van der Waals surface area contributed by atoms with Crippen LogP contribution in [0.2, 0.25) is 0 Å². The smallest absolute Gasteiger partial charge is 0.276 e. The summed E-state index contributed by atoms with van der Waals surface area (Å²) in [6, 6.07) is 13.6. The van der Waals surface area contributed by atoms with E-state index in [1.54, 1.807) is 23.9 Å². The lowest BCUT2D eigenvalue weighted by Crippen LogP contribution is -2.50. The van der Waals surface area contributed by atoms with Gasteiger partial charge in [0.2, 0.25) is 0 Å². The minimum Gasteiger partial charge on any atom is -0.496 e. The maximum atomic E-state index is 13.0. The number of fused-ring (bicyclic) bond motifs is 2. The highest BCUT2D eigenvalue weighted by molar-refractivity contribution is 8.13. The van der Waals surface area contributed by atoms with Crippen LogP contribution in [0.5, 0.6) is 5.75 Å². The van der Waals surface area contributed by atoms with Gasteiger partial charge >= 0.3 is 0 Å². The summed E-state index contributed by atoms with van der Waals surface area (Å²) in [5.74, 6) is 1.57. The Labute approximate surface area is 168 Å². The number of methoxy groups -OCH3 is 1. The molecule has 0 saturated carbocycles. The van der Waals surface area contributed by atoms with Gasteiger partial charge in [-0.25, -0.2) is 5.01 Å². The monoisotopic (exact) mass is 394 g/mol. The van der Waals surface area contributed by atoms with Crippen molar-refractivity contribution in [3.8, 4) is 5.75 Å². The van der Waals surface area contributed by atoms with E-state index in [9.17, 15) is 4.79 Å². The van der Waals surface area contributed by atoms with Crippen molar-refractivity contribution in [1.29, 1.82) is 0 Å².